The monoisotopic (exact) mass is 299 g/mol. The van der Waals surface area contributed by atoms with Crippen LogP contribution in [0.15, 0.2) is 60.8 Å². The van der Waals surface area contributed by atoms with Gasteiger partial charge in [0.25, 0.3) is 0 Å². The van der Waals surface area contributed by atoms with E-state index < -0.39 is 0 Å². The molecule has 3 aromatic rings. The van der Waals surface area contributed by atoms with Crippen molar-refractivity contribution in [2.24, 2.45) is 0 Å². The lowest BCUT2D eigenvalue weighted by Gasteiger charge is -2.08. The molecule has 0 bridgehead atoms. The van der Waals surface area contributed by atoms with Crippen molar-refractivity contribution in [2.75, 3.05) is 0 Å². The molecule has 1 nitrogen and oxygen atoms in total. The van der Waals surface area contributed by atoms with Crippen LogP contribution in [0.3, 0.4) is 0 Å². The summed E-state index contributed by atoms with van der Waals surface area (Å²) < 4.78 is 0. The first-order chi connectivity index (χ1) is 11.1. The highest BCUT2D eigenvalue weighted by Crippen LogP contribution is 2.25. The fourth-order valence-corrected chi connectivity index (χ4v) is 3.02. The smallest absolute Gasteiger partial charge is 0.0707 e. The zero-order valence-corrected chi connectivity index (χ0v) is 13.9. The second kappa shape index (κ2) is 6.62. The Morgan fingerprint density at radius 1 is 0.783 bits per heavy atom. The first-order valence-corrected chi connectivity index (χ1v) is 7.91. The summed E-state index contributed by atoms with van der Waals surface area (Å²) in [6.45, 7) is 6.48. The van der Waals surface area contributed by atoms with Gasteiger partial charge in [-0.05, 0) is 55.2 Å². The van der Waals surface area contributed by atoms with Crippen LogP contribution in [-0.2, 0) is 0 Å². The minimum absolute atomic E-state index is 1.00. The van der Waals surface area contributed by atoms with Gasteiger partial charge in [0, 0.05) is 11.8 Å². The van der Waals surface area contributed by atoms with Gasteiger partial charge in [-0.3, -0.25) is 4.98 Å². The van der Waals surface area contributed by atoms with Gasteiger partial charge in [0.05, 0.1) is 5.69 Å². The van der Waals surface area contributed by atoms with E-state index in [1.165, 1.54) is 27.8 Å². The maximum atomic E-state index is 4.48. The molecule has 114 valence electrons. The van der Waals surface area contributed by atoms with Crippen LogP contribution in [0, 0.1) is 20.8 Å². The molecule has 0 saturated heterocycles. The fraction of sp³-hybridized carbons (Fsp3) is 0.136. The van der Waals surface area contributed by atoms with Gasteiger partial charge in [-0.2, -0.15) is 0 Å². The van der Waals surface area contributed by atoms with Gasteiger partial charge >= 0.3 is 0 Å². The summed E-state index contributed by atoms with van der Waals surface area (Å²) in [6, 6.07) is 18.9. The molecule has 1 aromatic heterocycles. The molecule has 0 aliphatic rings. The molecule has 0 spiro atoms. The summed E-state index contributed by atoms with van der Waals surface area (Å²) in [5.74, 6) is 0. The van der Waals surface area contributed by atoms with Crippen LogP contribution in [0.2, 0.25) is 0 Å². The number of hydrogen-bond donors (Lipinski definition) is 0. The van der Waals surface area contributed by atoms with Gasteiger partial charge in [-0.15, -0.1) is 0 Å². The molecule has 3 rings (SSSR count). The Hall–Kier alpha value is -2.67. The lowest BCUT2D eigenvalue weighted by molar-refractivity contribution is 1.30. The van der Waals surface area contributed by atoms with Gasteiger partial charge in [0.1, 0.15) is 0 Å². The van der Waals surface area contributed by atoms with Crippen LogP contribution in [0.25, 0.3) is 23.4 Å². The van der Waals surface area contributed by atoms with Crippen molar-refractivity contribution >= 4 is 12.2 Å². The molecule has 0 fully saturated rings. The molecule has 0 aliphatic heterocycles. The molecule has 1 heterocycles. The van der Waals surface area contributed by atoms with Crippen LogP contribution in [-0.4, -0.2) is 4.98 Å². The van der Waals surface area contributed by atoms with Crippen molar-refractivity contribution in [1.29, 1.82) is 0 Å². The molecule has 2 aromatic carbocycles. The molecule has 0 amide bonds. The van der Waals surface area contributed by atoms with Crippen LogP contribution in [0.4, 0.5) is 0 Å². The average molecular weight is 299 g/mol. The Balaban J connectivity index is 2.02. The SMILES string of the molecule is Cc1cc(C)c(/C=C/c2ccccc2-c2ccccn2)c(C)c1. The average Bonchev–Trinajstić information content (AvgIpc) is 2.55. The van der Waals surface area contributed by atoms with E-state index in [0.717, 1.165) is 11.3 Å². The number of benzene rings is 2. The minimum atomic E-state index is 1.00. The van der Waals surface area contributed by atoms with Crippen molar-refractivity contribution in [1.82, 2.24) is 4.98 Å². The van der Waals surface area contributed by atoms with E-state index in [0.29, 0.717) is 0 Å². The Bertz CT molecular complexity index is 822. The van der Waals surface area contributed by atoms with E-state index in [4.69, 9.17) is 0 Å². The fourth-order valence-electron chi connectivity index (χ4n) is 3.02. The van der Waals surface area contributed by atoms with Crippen LogP contribution < -0.4 is 0 Å². The molecule has 0 radical (unpaired) electrons. The van der Waals surface area contributed by atoms with E-state index in [9.17, 15) is 0 Å². The zero-order chi connectivity index (χ0) is 16.2. The predicted octanol–water partition coefficient (Wildman–Crippen LogP) is 5.84. The largest absolute Gasteiger partial charge is 0.256 e. The molecule has 0 unspecified atom stereocenters. The van der Waals surface area contributed by atoms with Gasteiger partial charge in [-0.25, -0.2) is 0 Å². The molecule has 0 atom stereocenters. The molecule has 1 heteroatoms. The van der Waals surface area contributed by atoms with Crippen molar-refractivity contribution < 1.29 is 0 Å². The second-order valence-electron chi connectivity index (χ2n) is 5.95. The van der Waals surface area contributed by atoms with Crippen molar-refractivity contribution in [3.05, 3.63) is 88.6 Å². The Kier molecular flexibility index (Phi) is 4.38. The molecule has 0 aliphatic carbocycles. The summed E-state index contributed by atoms with van der Waals surface area (Å²) >= 11 is 0. The lowest BCUT2D eigenvalue weighted by atomic mass is 9.97. The van der Waals surface area contributed by atoms with E-state index in [2.05, 4.69) is 80.4 Å². The predicted molar refractivity (Wildman–Crippen MR) is 99.3 cm³/mol. The molecule has 23 heavy (non-hydrogen) atoms. The van der Waals surface area contributed by atoms with E-state index in [1.54, 1.807) is 0 Å². The topological polar surface area (TPSA) is 12.9 Å². The number of hydrogen-bond acceptors (Lipinski definition) is 1. The number of pyridine rings is 1. The molecular formula is C22H21N. The summed E-state index contributed by atoms with van der Waals surface area (Å²) in [5, 5.41) is 0. The third-order valence-corrected chi connectivity index (χ3v) is 4.07. The zero-order valence-electron chi connectivity index (χ0n) is 13.9. The third-order valence-electron chi connectivity index (χ3n) is 4.07. The van der Waals surface area contributed by atoms with Gasteiger partial charge in [0.15, 0.2) is 0 Å². The normalized spacial score (nSPS) is 11.1. The highest BCUT2D eigenvalue weighted by Gasteiger charge is 2.04. The standard InChI is InChI=1S/C22H21N/c1-16-14-17(2)20(18(3)15-16)12-11-19-8-4-5-9-21(19)22-10-6-7-13-23-22/h4-15H,1-3H3/b12-11+. The highest BCUT2D eigenvalue weighted by molar-refractivity contribution is 5.80. The number of aromatic nitrogens is 1. The summed E-state index contributed by atoms with van der Waals surface area (Å²) in [5.41, 5.74) is 8.59. The number of nitrogens with zero attached hydrogens (tertiary/aromatic N) is 1. The van der Waals surface area contributed by atoms with Crippen molar-refractivity contribution in [2.45, 2.75) is 20.8 Å². The van der Waals surface area contributed by atoms with E-state index >= 15 is 0 Å². The van der Waals surface area contributed by atoms with Crippen LogP contribution >= 0.6 is 0 Å². The Labute approximate surface area is 138 Å². The lowest BCUT2D eigenvalue weighted by Crippen LogP contribution is -1.89. The first-order valence-electron chi connectivity index (χ1n) is 7.91. The minimum Gasteiger partial charge on any atom is -0.256 e. The highest BCUT2D eigenvalue weighted by atomic mass is 14.7. The Morgan fingerprint density at radius 3 is 2.17 bits per heavy atom. The van der Waals surface area contributed by atoms with Crippen molar-refractivity contribution in [3.8, 4) is 11.3 Å². The van der Waals surface area contributed by atoms with Gasteiger partial charge < -0.3 is 0 Å². The summed E-state index contributed by atoms with van der Waals surface area (Å²) in [7, 11) is 0. The van der Waals surface area contributed by atoms with Gasteiger partial charge in [0.2, 0.25) is 0 Å². The second-order valence-corrected chi connectivity index (χ2v) is 5.95. The maximum absolute atomic E-state index is 4.48. The van der Waals surface area contributed by atoms with Crippen molar-refractivity contribution in [3.63, 3.8) is 0 Å². The van der Waals surface area contributed by atoms with E-state index in [-0.39, 0.29) is 0 Å². The van der Waals surface area contributed by atoms with Crippen LogP contribution in [0.5, 0.6) is 0 Å². The molecule has 0 saturated carbocycles. The van der Waals surface area contributed by atoms with Crippen LogP contribution in [0.1, 0.15) is 27.8 Å². The quantitative estimate of drug-likeness (QED) is 0.553. The Morgan fingerprint density at radius 2 is 1.48 bits per heavy atom. The van der Waals surface area contributed by atoms with Gasteiger partial charge in [-0.1, -0.05) is 60.2 Å². The summed E-state index contributed by atoms with van der Waals surface area (Å²) in [4.78, 5) is 4.48. The maximum Gasteiger partial charge on any atom is 0.0707 e. The number of rotatable bonds is 3. The molecule has 0 N–H and O–H groups in total. The summed E-state index contributed by atoms with van der Waals surface area (Å²) in [6.07, 6.45) is 6.24. The third kappa shape index (κ3) is 3.40. The number of aryl methyl sites for hydroxylation is 3. The molecular weight excluding hydrogens is 278 g/mol. The first kappa shape index (κ1) is 15.2. The van der Waals surface area contributed by atoms with E-state index in [1.807, 2.05) is 18.3 Å².